The molecular weight excluding hydrogens is 341 g/mol. The second kappa shape index (κ2) is 5.98. The van der Waals surface area contributed by atoms with Crippen LogP contribution in [0.1, 0.15) is 23.3 Å². The van der Waals surface area contributed by atoms with E-state index in [-0.39, 0.29) is 17.2 Å². The van der Waals surface area contributed by atoms with Gasteiger partial charge in [-0.1, -0.05) is 0 Å². The average molecular weight is 358 g/mol. The molecule has 7 heteroatoms. The van der Waals surface area contributed by atoms with Gasteiger partial charge in [0.1, 0.15) is 0 Å². The summed E-state index contributed by atoms with van der Waals surface area (Å²) in [6, 6.07) is 1.23. The lowest BCUT2D eigenvalue weighted by molar-refractivity contribution is 0.0818. The standard InChI is InChI=1S/C14H17BrFN3O2/c15-9-3-11(16)12(18-5-9)13(20)19-6-10-4-14(8-21-10)1-2-17-7-14/h3,5,10,17H,1-2,4,6-8H2,(H,19,20). The van der Waals surface area contributed by atoms with Crippen LogP contribution in [0.4, 0.5) is 4.39 Å². The van der Waals surface area contributed by atoms with Crippen molar-refractivity contribution in [2.24, 2.45) is 5.41 Å². The van der Waals surface area contributed by atoms with E-state index in [0.29, 0.717) is 11.0 Å². The molecule has 2 unspecified atom stereocenters. The predicted octanol–water partition coefficient (Wildman–Crippen LogP) is 1.48. The molecule has 0 aromatic carbocycles. The number of halogens is 2. The Labute approximate surface area is 130 Å². The fourth-order valence-corrected chi connectivity index (χ4v) is 3.29. The highest BCUT2D eigenvalue weighted by molar-refractivity contribution is 9.10. The molecule has 2 aliphatic rings. The van der Waals surface area contributed by atoms with Crippen LogP contribution in [0.15, 0.2) is 16.7 Å². The number of carbonyl (C=O) groups excluding carboxylic acids is 1. The zero-order valence-electron chi connectivity index (χ0n) is 11.5. The smallest absolute Gasteiger partial charge is 0.273 e. The van der Waals surface area contributed by atoms with E-state index >= 15 is 0 Å². The summed E-state index contributed by atoms with van der Waals surface area (Å²) >= 11 is 3.11. The van der Waals surface area contributed by atoms with Gasteiger partial charge in [0.25, 0.3) is 5.91 Å². The topological polar surface area (TPSA) is 63.2 Å². The summed E-state index contributed by atoms with van der Waals surface area (Å²) in [6.07, 6.45) is 3.44. The molecule has 1 amide bonds. The van der Waals surface area contributed by atoms with E-state index in [0.717, 1.165) is 32.5 Å². The second-order valence-corrected chi connectivity index (χ2v) is 6.67. The van der Waals surface area contributed by atoms with Gasteiger partial charge in [-0.15, -0.1) is 0 Å². The van der Waals surface area contributed by atoms with E-state index in [1.807, 2.05) is 0 Å². The molecule has 0 radical (unpaired) electrons. The van der Waals surface area contributed by atoms with Crippen LogP contribution in [0.2, 0.25) is 0 Å². The quantitative estimate of drug-likeness (QED) is 0.859. The number of ether oxygens (including phenoxy) is 1. The molecular formula is C14H17BrFN3O2. The second-order valence-electron chi connectivity index (χ2n) is 5.76. The van der Waals surface area contributed by atoms with Crippen LogP contribution in [-0.4, -0.2) is 43.2 Å². The highest BCUT2D eigenvalue weighted by Crippen LogP contribution is 2.37. The minimum atomic E-state index is -0.634. The van der Waals surface area contributed by atoms with Crippen molar-refractivity contribution < 1.29 is 13.9 Å². The molecule has 2 aliphatic heterocycles. The van der Waals surface area contributed by atoms with Crippen LogP contribution in [0, 0.1) is 11.2 Å². The lowest BCUT2D eigenvalue weighted by Crippen LogP contribution is -2.33. The average Bonchev–Trinajstić information content (AvgIpc) is 3.07. The number of rotatable bonds is 3. The number of pyridine rings is 1. The minimum Gasteiger partial charge on any atom is -0.376 e. The summed E-state index contributed by atoms with van der Waals surface area (Å²) in [5.74, 6) is -1.14. The Morgan fingerprint density at radius 2 is 2.52 bits per heavy atom. The summed E-state index contributed by atoms with van der Waals surface area (Å²) < 4.78 is 19.9. The van der Waals surface area contributed by atoms with Gasteiger partial charge in [-0.2, -0.15) is 0 Å². The zero-order chi connectivity index (χ0) is 14.9. The van der Waals surface area contributed by atoms with Crippen molar-refractivity contribution in [2.75, 3.05) is 26.2 Å². The summed E-state index contributed by atoms with van der Waals surface area (Å²) in [5, 5.41) is 6.05. The van der Waals surface area contributed by atoms with Crippen LogP contribution in [0.3, 0.4) is 0 Å². The lowest BCUT2D eigenvalue weighted by atomic mass is 9.85. The summed E-state index contributed by atoms with van der Waals surface area (Å²) in [5.41, 5.74) is 0.0321. The van der Waals surface area contributed by atoms with Crippen molar-refractivity contribution in [3.05, 3.63) is 28.2 Å². The number of nitrogens with one attached hydrogen (secondary N) is 2. The monoisotopic (exact) mass is 357 g/mol. The number of amides is 1. The van der Waals surface area contributed by atoms with E-state index in [2.05, 4.69) is 31.5 Å². The first-order valence-corrected chi connectivity index (χ1v) is 7.79. The largest absolute Gasteiger partial charge is 0.376 e. The van der Waals surface area contributed by atoms with Crippen molar-refractivity contribution in [3.63, 3.8) is 0 Å². The van der Waals surface area contributed by atoms with E-state index in [4.69, 9.17) is 4.74 Å². The molecule has 2 fully saturated rings. The molecule has 1 aromatic heterocycles. The molecule has 3 heterocycles. The maximum absolute atomic E-state index is 13.6. The summed E-state index contributed by atoms with van der Waals surface area (Å²) in [4.78, 5) is 15.8. The van der Waals surface area contributed by atoms with Gasteiger partial charge in [0, 0.05) is 29.2 Å². The molecule has 2 N–H and O–H groups in total. The highest BCUT2D eigenvalue weighted by Gasteiger charge is 2.42. The molecule has 0 bridgehead atoms. The third kappa shape index (κ3) is 3.25. The van der Waals surface area contributed by atoms with Gasteiger partial charge in [0.2, 0.25) is 0 Å². The first-order valence-electron chi connectivity index (χ1n) is 7.00. The normalized spacial score (nSPS) is 28.2. The molecule has 114 valence electrons. The van der Waals surface area contributed by atoms with Crippen LogP contribution in [0.25, 0.3) is 0 Å². The van der Waals surface area contributed by atoms with Crippen molar-refractivity contribution >= 4 is 21.8 Å². The maximum atomic E-state index is 13.6. The van der Waals surface area contributed by atoms with Crippen molar-refractivity contribution in [1.82, 2.24) is 15.6 Å². The summed E-state index contributed by atoms with van der Waals surface area (Å²) in [7, 11) is 0. The Bertz CT molecular complexity index is 549. The van der Waals surface area contributed by atoms with E-state index in [1.54, 1.807) is 0 Å². The third-order valence-corrected chi connectivity index (χ3v) is 4.56. The molecule has 2 saturated heterocycles. The van der Waals surface area contributed by atoms with Gasteiger partial charge in [-0.3, -0.25) is 4.79 Å². The molecule has 0 saturated carbocycles. The Kier molecular flexibility index (Phi) is 4.24. The predicted molar refractivity (Wildman–Crippen MR) is 78.5 cm³/mol. The first-order chi connectivity index (χ1) is 10.1. The van der Waals surface area contributed by atoms with Gasteiger partial charge in [0.15, 0.2) is 11.5 Å². The van der Waals surface area contributed by atoms with Gasteiger partial charge in [0.05, 0.1) is 12.7 Å². The van der Waals surface area contributed by atoms with E-state index < -0.39 is 11.7 Å². The Hall–Kier alpha value is -1.05. The van der Waals surface area contributed by atoms with Crippen molar-refractivity contribution in [3.8, 4) is 0 Å². The first kappa shape index (κ1) is 14.9. The van der Waals surface area contributed by atoms with Crippen LogP contribution in [-0.2, 0) is 4.74 Å². The van der Waals surface area contributed by atoms with Crippen molar-refractivity contribution in [1.29, 1.82) is 0 Å². The number of hydrogen-bond acceptors (Lipinski definition) is 4. The molecule has 21 heavy (non-hydrogen) atoms. The fourth-order valence-electron chi connectivity index (χ4n) is 2.99. The maximum Gasteiger partial charge on any atom is 0.273 e. The molecule has 2 atom stereocenters. The van der Waals surface area contributed by atoms with Gasteiger partial charge < -0.3 is 15.4 Å². The lowest BCUT2D eigenvalue weighted by Gasteiger charge is -2.18. The van der Waals surface area contributed by atoms with Gasteiger partial charge in [-0.25, -0.2) is 9.37 Å². The molecule has 0 aliphatic carbocycles. The summed E-state index contributed by atoms with van der Waals surface area (Å²) in [6.45, 7) is 3.11. The Morgan fingerprint density at radius 1 is 1.67 bits per heavy atom. The van der Waals surface area contributed by atoms with Crippen molar-refractivity contribution in [2.45, 2.75) is 18.9 Å². The molecule has 3 rings (SSSR count). The minimum absolute atomic E-state index is 0.00707. The van der Waals surface area contributed by atoms with E-state index in [9.17, 15) is 9.18 Å². The van der Waals surface area contributed by atoms with E-state index in [1.165, 1.54) is 12.3 Å². The molecule has 5 nitrogen and oxygen atoms in total. The van der Waals surface area contributed by atoms with Crippen LogP contribution >= 0.6 is 15.9 Å². The molecule has 1 aromatic rings. The number of carbonyl (C=O) groups is 1. The highest BCUT2D eigenvalue weighted by atomic mass is 79.9. The Balaban J connectivity index is 1.54. The number of nitrogens with zero attached hydrogens (tertiary/aromatic N) is 1. The van der Waals surface area contributed by atoms with Crippen LogP contribution < -0.4 is 10.6 Å². The SMILES string of the molecule is O=C(NCC1CC2(CCNC2)CO1)c1ncc(Br)cc1F. The third-order valence-electron chi connectivity index (χ3n) is 4.13. The zero-order valence-corrected chi connectivity index (χ0v) is 13.1. The van der Waals surface area contributed by atoms with Gasteiger partial charge in [-0.05, 0) is 41.4 Å². The molecule has 1 spiro atoms. The van der Waals surface area contributed by atoms with Gasteiger partial charge >= 0.3 is 0 Å². The fraction of sp³-hybridized carbons (Fsp3) is 0.571. The van der Waals surface area contributed by atoms with Crippen LogP contribution in [0.5, 0.6) is 0 Å². The number of aromatic nitrogens is 1. The number of hydrogen-bond donors (Lipinski definition) is 2. The Morgan fingerprint density at radius 3 is 3.24 bits per heavy atom.